The first-order chi connectivity index (χ1) is 12.9. The number of amides is 1. The van der Waals surface area contributed by atoms with E-state index in [-0.39, 0.29) is 11.5 Å². The lowest BCUT2D eigenvalue weighted by molar-refractivity contribution is -0.141. The normalized spacial score (nSPS) is 15.0. The Hall–Kier alpha value is -2.77. The summed E-state index contributed by atoms with van der Waals surface area (Å²) >= 11 is 0. The topological polar surface area (TPSA) is 45.7 Å². The number of para-hydroxylation sites is 2. The molecule has 1 aliphatic rings. The first-order valence-corrected chi connectivity index (χ1v) is 8.69. The Morgan fingerprint density at radius 2 is 1.81 bits per heavy atom. The molecule has 2 heterocycles. The van der Waals surface area contributed by atoms with Crippen LogP contribution in [0.4, 0.5) is 18.9 Å². The molecular weight excluding hydrogens is 359 g/mol. The zero-order chi connectivity index (χ0) is 19.4. The molecule has 0 bridgehead atoms. The number of nitrogens with zero attached hydrogens (tertiary/aromatic N) is 3. The van der Waals surface area contributed by atoms with Crippen LogP contribution < -0.4 is 9.64 Å². The number of alkyl halides is 3. The van der Waals surface area contributed by atoms with Crippen LogP contribution in [0.25, 0.3) is 0 Å². The predicted octanol–water partition coefficient (Wildman–Crippen LogP) is 3.46. The lowest BCUT2D eigenvalue weighted by Crippen LogP contribution is -2.48. The fourth-order valence-electron chi connectivity index (χ4n) is 3.02. The fourth-order valence-corrected chi connectivity index (χ4v) is 3.02. The fraction of sp³-hybridized carbons (Fsp3) is 0.368. The summed E-state index contributed by atoms with van der Waals surface area (Å²) in [5, 5.41) is 0. The molecule has 0 aliphatic carbocycles. The first kappa shape index (κ1) is 19.0. The van der Waals surface area contributed by atoms with Crippen LogP contribution in [0.1, 0.15) is 23.0 Å². The van der Waals surface area contributed by atoms with E-state index in [1.165, 1.54) is 6.07 Å². The van der Waals surface area contributed by atoms with Gasteiger partial charge in [-0.25, -0.2) is 0 Å². The molecule has 2 aromatic rings. The molecule has 1 aliphatic heterocycles. The van der Waals surface area contributed by atoms with E-state index in [4.69, 9.17) is 4.74 Å². The van der Waals surface area contributed by atoms with Gasteiger partial charge in [-0.05, 0) is 31.2 Å². The number of rotatable bonds is 4. The van der Waals surface area contributed by atoms with Gasteiger partial charge < -0.3 is 14.5 Å². The maximum absolute atomic E-state index is 12.6. The number of halogens is 3. The van der Waals surface area contributed by atoms with Crippen LogP contribution in [0.15, 0.2) is 42.6 Å². The summed E-state index contributed by atoms with van der Waals surface area (Å²) in [6, 6.07) is 9.73. The zero-order valence-electron chi connectivity index (χ0n) is 14.9. The van der Waals surface area contributed by atoms with Gasteiger partial charge in [0, 0.05) is 32.4 Å². The number of hydrogen-bond acceptors (Lipinski definition) is 4. The van der Waals surface area contributed by atoms with E-state index < -0.39 is 11.9 Å². The van der Waals surface area contributed by atoms with Crippen LogP contribution in [0.2, 0.25) is 0 Å². The Kier molecular flexibility index (Phi) is 5.53. The smallest absolute Gasteiger partial charge is 0.433 e. The number of ether oxygens (including phenoxy) is 1. The van der Waals surface area contributed by atoms with E-state index in [0.717, 1.165) is 23.7 Å². The summed E-state index contributed by atoms with van der Waals surface area (Å²) in [6.07, 6.45) is -3.52. The van der Waals surface area contributed by atoms with Gasteiger partial charge in [0.25, 0.3) is 5.91 Å². The van der Waals surface area contributed by atoms with E-state index >= 15 is 0 Å². The van der Waals surface area contributed by atoms with Crippen LogP contribution in [0, 0.1) is 0 Å². The molecule has 0 unspecified atom stereocenters. The maximum atomic E-state index is 12.6. The quantitative estimate of drug-likeness (QED) is 0.816. The molecule has 1 aromatic carbocycles. The van der Waals surface area contributed by atoms with Crippen molar-refractivity contribution in [1.82, 2.24) is 9.88 Å². The molecule has 5 nitrogen and oxygen atoms in total. The molecule has 3 rings (SSSR count). The van der Waals surface area contributed by atoms with Gasteiger partial charge >= 0.3 is 6.18 Å². The summed E-state index contributed by atoms with van der Waals surface area (Å²) in [4.78, 5) is 19.7. The van der Waals surface area contributed by atoms with Gasteiger partial charge in [-0.2, -0.15) is 13.2 Å². The third kappa shape index (κ3) is 4.32. The summed E-state index contributed by atoms with van der Waals surface area (Å²) in [6.45, 7) is 4.66. The van der Waals surface area contributed by atoms with Crippen molar-refractivity contribution in [3.05, 3.63) is 53.9 Å². The SMILES string of the molecule is CCOc1ccccc1N1CCN(C(=O)c2ccc(C(F)(F)F)nc2)CC1. The highest BCUT2D eigenvalue weighted by Gasteiger charge is 2.32. The standard InChI is InChI=1S/C19H20F3N3O2/c1-2-27-16-6-4-3-5-15(16)24-9-11-25(12-10-24)18(26)14-7-8-17(23-13-14)19(20,21)22/h3-8,13H,2,9-12H2,1H3. The first-order valence-electron chi connectivity index (χ1n) is 8.69. The molecule has 1 aromatic heterocycles. The van der Waals surface area contributed by atoms with Gasteiger partial charge in [0.05, 0.1) is 17.9 Å². The van der Waals surface area contributed by atoms with Gasteiger partial charge in [0.1, 0.15) is 11.4 Å². The number of carbonyl (C=O) groups is 1. The highest BCUT2D eigenvalue weighted by molar-refractivity contribution is 5.94. The molecule has 0 spiro atoms. The zero-order valence-corrected chi connectivity index (χ0v) is 14.9. The Morgan fingerprint density at radius 1 is 1.11 bits per heavy atom. The summed E-state index contributed by atoms with van der Waals surface area (Å²) < 4.78 is 43.4. The van der Waals surface area contributed by atoms with Gasteiger partial charge in [-0.3, -0.25) is 9.78 Å². The molecular formula is C19H20F3N3O2. The molecule has 144 valence electrons. The Bertz CT molecular complexity index is 786. The van der Waals surface area contributed by atoms with E-state index in [1.807, 2.05) is 31.2 Å². The second-order valence-electron chi connectivity index (χ2n) is 6.11. The maximum Gasteiger partial charge on any atom is 0.433 e. The van der Waals surface area contributed by atoms with Crippen molar-refractivity contribution >= 4 is 11.6 Å². The molecule has 0 N–H and O–H groups in total. The second kappa shape index (κ2) is 7.85. The minimum absolute atomic E-state index is 0.158. The Labute approximate surface area is 155 Å². The summed E-state index contributed by atoms with van der Waals surface area (Å²) in [5.41, 5.74) is 0.130. The number of benzene rings is 1. The predicted molar refractivity (Wildman–Crippen MR) is 95.0 cm³/mol. The minimum Gasteiger partial charge on any atom is -0.492 e. The molecule has 8 heteroatoms. The van der Waals surface area contributed by atoms with Gasteiger partial charge in [0.2, 0.25) is 0 Å². The van der Waals surface area contributed by atoms with Crippen molar-refractivity contribution in [3.63, 3.8) is 0 Å². The largest absolute Gasteiger partial charge is 0.492 e. The Balaban J connectivity index is 1.64. The van der Waals surface area contributed by atoms with Gasteiger partial charge in [0.15, 0.2) is 0 Å². The van der Waals surface area contributed by atoms with Gasteiger partial charge in [-0.1, -0.05) is 12.1 Å². The van der Waals surface area contributed by atoms with Crippen LogP contribution in [-0.2, 0) is 6.18 Å². The lowest BCUT2D eigenvalue weighted by atomic mass is 10.2. The third-order valence-electron chi connectivity index (χ3n) is 4.37. The molecule has 27 heavy (non-hydrogen) atoms. The summed E-state index contributed by atoms with van der Waals surface area (Å²) in [5.74, 6) is 0.487. The van der Waals surface area contributed by atoms with Crippen LogP contribution >= 0.6 is 0 Å². The molecule has 0 radical (unpaired) electrons. The average Bonchev–Trinajstić information content (AvgIpc) is 2.68. The number of carbonyl (C=O) groups excluding carboxylic acids is 1. The number of aromatic nitrogens is 1. The van der Waals surface area contributed by atoms with E-state index in [1.54, 1.807) is 4.90 Å². The third-order valence-corrected chi connectivity index (χ3v) is 4.37. The number of anilines is 1. The lowest BCUT2D eigenvalue weighted by Gasteiger charge is -2.36. The van der Waals surface area contributed by atoms with Crippen molar-refractivity contribution in [2.45, 2.75) is 13.1 Å². The molecule has 1 fully saturated rings. The van der Waals surface area contributed by atoms with E-state index in [0.29, 0.717) is 32.8 Å². The second-order valence-corrected chi connectivity index (χ2v) is 6.11. The van der Waals surface area contributed by atoms with Crippen LogP contribution in [0.3, 0.4) is 0 Å². The number of pyridine rings is 1. The molecule has 0 saturated carbocycles. The summed E-state index contributed by atoms with van der Waals surface area (Å²) in [7, 11) is 0. The van der Waals surface area contributed by atoms with Gasteiger partial charge in [-0.15, -0.1) is 0 Å². The van der Waals surface area contributed by atoms with Crippen molar-refractivity contribution in [2.75, 3.05) is 37.7 Å². The van der Waals surface area contributed by atoms with E-state index in [2.05, 4.69) is 9.88 Å². The Morgan fingerprint density at radius 3 is 2.41 bits per heavy atom. The van der Waals surface area contributed by atoms with E-state index in [9.17, 15) is 18.0 Å². The monoisotopic (exact) mass is 379 g/mol. The molecule has 1 saturated heterocycles. The molecule has 1 amide bonds. The van der Waals surface area contributed by atoms with Crippen LogP contribution in [-0.4, -0.2) is 48.6 Å². The highest BCUT2D eigenvalue weighted by Crippen LogP contribution is 2.29. The molecule has 0 atom stereocenters. The average molecular weight is 379 g/mol. The van der Waals surface area contributed by atoms with Crippen molar-refractivity contribution in [2.24, 2.45) is 0 Å². The number of hydrogen-bond donors (Lipinski definition) is 0. The van der Waals surface area contributed by atoms with Crippen LogP contribution in [0.5, 0.6) is 5.75 Å². The highest BCUT2D eigenvalue weighted by atomic mass is 19.4. The van der Waals surface area contributed by atoms with Crippen molar-refractivity contribution in [3.8, 4) is 5.75 Å². The van der Waals surface area contributed by atoms with Crippen molar-refractivity contribution < 1.29 is 22.7 Å². The number of piperazine rings is 1. The minimum atomic E-state index is -4.51. The van der Waals surface area contributed by atoms with Crippen molar-refractivity contribution in [1.29, 1.82) is 0 Å².